The molecule has 0 aromatic heterocycles. The van der Waals surface area contributed by atoms with E-state index in [0.29, 0.717) is 42.3 Å². The monoisotopic (exact) mass is 506 g/mol. The van der Waals surface area contributed by atoms with Crippen LogP contribution in [0.3, 0.4) is 0 Å². The highest BCUT2D eigenvalue weighted by molar-refractivity contribution is 9.10. The molecule has 0 radical (unpaired) electrons. The third-order valence-electron chi connectivity index (χ3n) is 4.69. The molecule has 0 aliphatic carbocycles. The summed E-state index contributed by atoms with van der Waals surface area (Å²) in [7, 11) is 4.62. The van der Waals surface area contributed by atoms with E-state index >= 15 is 0 Å². The van der Waals surface area contributed by atoms with E-state index in [1.54, 1.807) is 26.4 Å². The summed E-state index contributed by atoms with van der Waals surface area (Å²) < 4.78 is 22.6. The first-order valence-electron chi connectivity index (χ1n) is 10.2. The molecule has 174 valence electrons. The van der Waals surface area contributed by atoms with Gasteiger partial charge in [-0.1, -0.05) is 26.8 Å². The third kappa shape index (κ3) is 7.15. The van der Waals surface area contributed by atoms with Crippen molar-refractivity contribution in [2.24, 2.45) is 5.10 Å². The van der Waals surface area contributed by atoms with Crippen molar-refractivity contribution in [2.75, 3.05) is 27.9 Å². The van der Waals surface area contributed by atoms with Crippen molar-refractivity contribution in [3.05, 3.63) is 45.9 Å². The molecule has 0 saturated carbocycles. The predicted octanol–water partition coefficient (Wildman–Crippen LogP) is 5.08. The van der Waals surface area contributed by atoms with Crippen molar-refractivity contribution in [1.29, 1.82) is 0 Å². The fraction of sp³-hybridized carbons (Fsp3) is 0.417. The smallest absolute Gasteiger partial charge is 0.240 e. The second-order valence-corrected chi connectivity index (χ2v) is 8.95. The molecule has 2 rings (SSSR count). The highest BCUT2D eigenvalue weighted by Gasteiger charge is 2.15. The maximum Gasteiger partial charge on any atom is 0.240 e. The van der Waals surface area contributed by atoms with Gasteiger partial charge in [0.25, 0.3) is 0 Å². The fourth-order valence-electron chi connectivity index (χ4n) is 2.91. The molecule has 2 aromatic carbocycles. The summed E-state index contributed by atoms with van der Waals surface area (Å²) in [6.45, 7) is 6.92. The number of nitrogens with zero attached hydrogens (tertiary/aromatic N) is 1. The van der Waals surface area contributed by atoms with Gasteiger partial charge in [-0.25, -0.2) is 5.43 Å². The summed E-state index contributed by atoms with van der Waals surface area (Å²) >= 11 is 3.56. The number of hydrazone groups is 1. The van der Waals surface area contributed by atoms with Crippen LogP contribution in [0.2, 0.25) is 0 Å². The van der Waals surface area contributed by atoms with Gasteiger partial charge in [-0.3, -0.25) is 4.79 Å². The maximum atomic E-state index is 12.1. The van der Waals surface area contributed by atoms with Gasteiger partial charge in [0.1, 0.15) is 5.75 Å². The molecule has 0 saturated heterocycles. The molecule has 0 aliphatic rings. The summed E-state index contributed by atoms with van der Waals surface area (Å²) in [5, 5.41) is 4.01. The molecule has 8 heteroatoms. The Kier molecular flexibility index (Phi) is 9.38. The lowest BCUT2D eigenvalue weighted by Gasteiger charge is -2.20. The van der Waals surface area contributed by atoms with Crippen LogP contribution < -0.4 is 24.4 Å². The van der Waals surface area contributed by atoms with E-state index < -0.39 is 0 Å². The van der Waals surface area contributed by atoms with Gasteiger partial charge in [0, 0.05) is 12.0 Å². The number of methoxy groups -OCH3 is 3. The number of nitrogens with one attached hydrogen (secondary N) is 1. The number of carbonyl (C=O) groups is 1. The van der Waals surface area contributed by atoms with Gasteiger partial charge in [0.2, 0.25) is 11.7 Å². The Hall–Kier alpha value is -2.74. The molecule has 0 atom stereocenters. The molecule has 0 spiro atoms. The van der Waals surface area contributed by atoms with Gasteiger partial charge in [-0.05, 0) is 57.6 Å². The molecule has 2 aromatic rings. The number of amides is 1. The van der Waals surface area contributed by atoms with Crippen LogP contribution in [0.1, 0.15) is 44.7 Å². The van der Waals surface area contributed by atoms with E-state index in [1.807, 2.05) is 6.07 Å². The number of carbonyl (C=O) groups excluding carboxylic acids is 1. The van der Waals surface area contributed by atoms with E-state index in [2.05, 4.69) is 59.4 Å². The Morgan fingerprint density at radius 2 is 1.69 bits per heavy atom. The number of benzene rings is 2. The van der Waals surface area contributed by atoms with Crippen LogP contribution in [0, 0.1) is 0 Å². The van der Waals surface area contributed by atoms with Crippen molar-refractivity contribution in [2.45, 2.75) is 39.0 Å². The molecule has 0 unspecified atom stereocenters. The molecule has 32 heavy (non-hydrogen) atoms. The van der Waals surface area contributed by atoms with E-state index in [4.69, 9.17) is 18.9 Å². The van der Waals surface area contributed by atoms with Crippen molar-refractivity contribution in [1.82, 2.24) is 5.43 Å². The average molecular weight is 507 g/mol. The molecule has 0 heterocycles. The normalized spacial score (nSPS) is 11.3. The minimum Gasteiger partial charge on any atom is -0.493 e. The zero-order chi connectivity index (χ0) is 23.7. The Morgan fingerprint density at radius 3 is 2.22 bits per heavy atom. The molecule has 1 N–H and O–H groups in total. The molecular formula is C24H31BrN2O5. The van der Waals surface area contributed by atoms with E-state index in [0.717, 1.165) is 10.2 Å². The quantitative estimate of drug-likeness (QED) is 0.276. The van der Waals surface area contributed by atoms with Crippen LogP contribution >= 0.6 is 15.9 Å². The Labute approximate surface area is 198 Å². The first kappa shape index (κ1) is 25.5. The fourth-order valence-corrected chi connectivity index (χ4v) is 3.40. The van der Waals surface area contributed by atoms with Crippen LogP contribution in [0.4, 0.5) is 0 Å². The summed E-state index contributed by atoms with van der Waals surface area (Å²) in [5.41, 5.74) is 4.52. The summed E-state index contributed by atoms with van der Waals surface area (Å²) in [4.78, 5) is 12.1. The van der Waals surface area contributed by atoms with Crippen molar-refractivity contribution < 1.29 is 23.7 Å². The van der Waals surface area contributed by atoms with E-state index in [1.165, 1.54) is 18.9 Å². The highest BCUT2D eigenvalue weighted by atomic mass is 79.9. The second-order valence-electron chi connectivity index (χ2n) is 8.10. The topological polar surface area (TPSA) is 78.4 Å². The van der Waals surface area contributed by atoms with E-state index in [-0.39, 0.29) is 11.3 Å². The molecule has 7 nitrogen and oxygen atoms in total. The molecule has 0 fully saturated rings. The van der Waals surface area contributed by atoms with Crippen LogP contribution in [-0.4, -0.2) is 40.1 Å². The Balaban J connectivity index is 1.82. The van der Waals surface area contributed by atoms with Gasteiger partial charge in [0.05, 0.1) is 38.6 Å². The van der Waals surface area contributed by atoms with Gasteiger partial charge in [-0.15, -0.1) is 0 Å². The van der Waals surface area contributed by atoms with E-state index in [9.17, 15) is 4.79 Å². The number of hydrogen-bond donors (Lipinski definition) is 1. The first-order valence-corrected chi connectivity index (χ1v) is 11.0. The molecule has 0 bridgehead atoms. The standard InChI is InChI=1S/C24H31BrN2O5/c1-24(2,3)17-9-10-19(18(25)14-17)32-11-7-8-22(28)27-26-15-16-12-20(29-4)23(31-6)21(13-16)30-5/h9-10,12-15H,7-8,11H2,1-6H3,(H,27,28)/b26-15+. The van der Waals surface area contributed by atoms with Crippen molar-refractivity contribution >= 4 is 28.1 Å². The second kappa shape index (κ2) is 11.8. The summed E-state index contributed by atoms with van der Waals surface area (Å²) in [6, 6.07) is 9.57. The highest BCUT2D eigenvalue weighted by Crippen LogP contribution is 2.37. The lowest BCUT2D eigenvalue weighted by molar-refractivity contribution is -0.121. The van der Waals surface area contributed by atoms with Gasteiger partial charge in [0.15, 0.2) is 11.5 Å². The Bertz CT molecular complexity index is 929. The van der Waals surface area contributed by atoms with Crippen LogP contribution in [-0.2, 0) is 10.2 Å². The Morgan fingerprint density at radius 1 is 1.03 bits per heavy atom. The number of halogens is 1. The maximum absolute atomic E-state index is 12.1. The molecule has 1 amide bonds. The molecule has 0 aliphatic heterocycles. The minimum atomic E-state index is -0.195. The zero-order valence-electron chi connectivity index (χ0n) is 19.5. The summed E-state index contributed by atoms with van der Waals surface area (Å²) in [6.07, 6.45) is 2.38. The van der Waals surface area contributed by atoms with Gasteiger partial charge < -0.3 is 18.9 Å². The van der Waals surface area contributed by atoms with Crippen molar-refractivity contribution in [3.63, 3.8) is 0 Å². The van der Waals surface area contributed by atoms with Crippen LogP contribution in [0.15, 0.2) is 39.9 Å². The largest absolute Gasteiger partial charge is 0.493 e. The van der Waals surface area contributed by atoms with Gasteiger partial charge >= 0.3 is 0 Å². The molecular weight excluding hydrogens is 476 g/mol. The summed E-state index contributed by atoms with van der Waals surface area (Å²) in [5.74, 6) is 2.09. The van der Waals surface area contributed by atoms with Crippen LogP contribution in [0.5, 0.6) is 23.0 Å². The number of ether oxygens (including phenoxy) is 4. The third-order valence-corrected chi connectivity index (χ3v) is 5.31. The minimum absolute atomic E-state index is 0.0712. The lowest BCUT2D eigenvalue weighted by Crippen LogP contribution is -2.18. The van der Waals surface area contributed by atoms with Gasteiger partial charge in [-0.2, -0.15) is 5.10 Å². The SMILES string of the molecule is COc1cc(/C=N/NC(=O)CCCOc2ccc(C(C)(C)C)cc2Br)cc(OC)c1OC. The van der Waals surface area contributed by atoms with Crippen molar-refractivity contribution in [3.8, 4) is 23.0 Å². The van der Waals surface area contributed by atoms with Crippen LogP contribution in [0.25, 0.3) is 0 Å². The average Bonchev–Trinajstić information content (AvgIpc) is 2.76. The number of hydrogen-bond acceptors (Lipinski definition) is 6. The predicted molar refractivity (Wildman–Crippen MR) is 129 cm³/mol. The lowest BCUT2D eigenvalue weighted by atomic mass is 9.87. The zero-order valence-corrected chi connectivity index (χ0v) is 21.0. The first-order chi connectivity index (χ1) is 15.2. The number of rotatable bonds is 10.